The van der Waals surface area contributed by atoms with E-state index >= 15 is 0 Å². The summed E-state index contributed by atoms with van der Waals surface area (Å²) < 4.78 is 28.8. The van der Waals surface area contributed by atoms with Gasteiger partial charge >= 0.3 is 0 Å². The second kappa shape index (κ2) is 7.70. The summed E-state index contributed by atoms with van der Waals surface area (Å²) >= 11 is 0. The zero-order valence-electron chi connectivity index (χ0n) is 16.6. The quantitative estimate of drug-likeness (QED) is 0.614. The van der Waals surface area contributed by atoms with Crippen LogP contribution in [-0.4, -0.2) is 15.3 Å². The molecule has 0 spiro atoms. The van der Waals surface area contributed by atoms with Gasteiger partial charge in [-0.1, -0.05) is 33.8 Å². The molecule has 0 bridgehead atoms. The number of nitrogens with one attached hydrogen (secondary N) is 1. The van der Waals surface area contributed by atoms with Crippen LogP contribution in [0.25, 0.3) is 16.9 Å². The number of amides is 1. The zero-order chi connectivity index (χ0) is 20.5. The predicted octanol–water partition coefficient (Wildman–Crippen LogP) is 5.68. The molecule has 0 fully saturated rings. The minimum Gasteiger partial charge on any atom is -0.310 e. The molecule has 3 rings (SSSR count). The molecule has 2 heterocycles. The van der Waals surface area contributed by atoms with Crippen LogP contribution in [-0.2, 0) is 4.79 Å². The molecule has 0 saturated heterocycles. The first kappa shape index (κ1) is 20.0. The highest BCUT2D eigenvalue weighted by molar-refractivity contribution is 5.94. The number of benzene rings is 1. The van der Waals surface area contributed by atoms with E-state index in [4.69, 9.17) is 0 Å². The highest BCUT2D eigenvalue weighted by Gasteiger charge is 2.21. The fourth-order valence-corrected chi connectivity index (χ4v) is 3.58. The van der Waals surface area contributed by atoms with E-state index in [1.54, 1.807) is 16.7 Å². The van der Waals surface area contributed by atoms with Crippen molar-refractivity contribution >= 4 is 17.4 Å². The van der Waals surface area contributed by atoms with Gasteiger partial charge in [0.05, 0.1) is 0 Å². The molecule has 0 aliphatic heterocycles. The number of rotatable bonds is 5. The first-order valence-corrected chi connectivity index (χ1v) is 9.36. The van der Waals surface area contributed by atoms with Gasteiger partial charge in [-0.2, -0.15) is 0 Å². The molecule has 1 N–H and O–H groups in total. The number of halogens is 2. The van der Waals surface area contributed by atoms with Crippen molar-refractivity contribution in [2.24, 2.45) is 11.3 Å². The van der Waals surface area contributed by atoms with Gasteiger partial charge in [-0.05, 0) is 48.1 Å². The van der Waals surface area contributed by atoms with Crippen molar-refractivity contribution < 1.29 is 13.6 Å². The molecule has 3 aromatic rings. The van der Waals surface area contributed by atoms with Crippen molar-refractivity contribution in [1.29, 1.82) is 0 Å². The fraction of sp³-hybridized carbons (Fsp3) is 0.364. The van der Waals surface area contributed by atoms with Crippen LogP contribution in [0.3, 0.4) is 0 Å². The lowest BCUT2D eigenvalue weighted by Crippen LogP contribution is -2.19. The topological polar surface area (TPSA) is 46.4 Å². The number of pyridine rings is 1. The minimum atomic E-state index is -0.953. The van der Waals surface area contributed by atoms with E-state index < -0.39 is 11.6 Å². The van der Waals surface area contributed by atoms with Gasteiger partial charge in [0.15, 0.2) is 11.6 Å². The van der Waals surface area contributed by atoms with Gasteiger partial charge in [-0.15, -0.1) is 0 Å². The summed E-state index contributed by atoms with van der Waals surface area (Å²) in [5.41, 5.74) is 1.56. The molecular formula is C22H25F2N3O. The van der Waals surface area contributed by atoms with Crippen molar-refractivity contribution in [2.45, 2.75) is 40.5 Å². The molecule has 6 heteroatoms. The van der Waals surface area contributed by atoms with Gasteiger partial charge in [-0.3, -0.25) is 9.20 Å². The molecule has 0 aliphatic rings. The highest BCUT2D eigenvalue weighted by Crippen LogP contribution is 2.31. The summed E-state index contributed by atoms with van der Waals surface area (Å²) in [5, 5.41) is 2.93. The average Bonchev–Trinajstić information content (AvgIpc) is 2.94. The monoisotopic (exact) mass is 385 g/mol. The normalized spacial score (nSPS) is 12.9. The highest BCUT2D eigenvalue weighted by atomic mass is 19.2. The average molecular weight is 385 g/mol. The van der Waals surface area contributed by atoms with Gasteiger partial charge in [0.25, 0.3) is 0 Å². The predicted molar refractivity (Wildman–Crippen MR) is 107 cm³/mol. The summed E-state index contributed by atoms with van der Waals surface area (Å²) in [7, 11) is 0. The van der Waals surface area contributed by atoms with Crippen LogP contribution in [0.2, 0.25) is 0 Å². The standard InChI is InChI=1S/C22H25F2N3O/c1-14(13-22(2,3)4)11-19(28)26-21-20(15-8-9-16(23)17(24)12-15)25-18-7-5-6-10-27(18)21/h5-10,12,14H,11,13H2,1-4H3,(H,26,28). The first-order valence-electron chi connectivity index (χ1n) is 9.36. The van der Waals surface area contributed by atoms with Crippen molar-refractivity contribution in [2.75, 3.05) is 5.32 Å². The first-order chi connectivity index (χ1) is 13.1. The number of fused-ring (bicyclic) bond motifs is 1. The number of aromatic nitrogens is 2. The largest absolute Gasteiger partial charge is 0.310 e. The van der Waals surface area contributed by atoms with Gasteiger partial charge in [-0.25, -0.2) is 13.8 Å². The SMILES string of the molecule is CC(CC(=O)Nc1c(-c2ccc(F)c(F)c2)nc2ccccn12)CC(C)(C)C. The van der Waals surface area contributed by atoms with Crippen LogP contribution in [0.15, 0.2) is 42.6 Å². The number of carbonyl (C=O) groups is 1. The maximum absolute atomic E-state index is 13.7. The van der Waals surface area contributed by atoms with Crippen LogP contribution in [0, 0.1) is 23.0 Å². The maximum atomic E-state index is 13.7. The molecule has 148 valence electrons. The molecule has 1 unspecified atom stereocenters. The molecule has 4 nitrogen and oxygen atoms in total. The molecule has 0 saturated carbocycles. The lowest BCUT2D eigenvalue weighted by molar-refractivity contribution is -0.117. The third kappa shape index (κ3) is 4.55. The third-order valence-electron chi connectivity index (χ3n) is 4.48. The summed E-state index contributed by atoms with van der Waals surface area (Å²) in [6, 6.07) is 9.05. The lowest BCUT2D eigenvalue weighted by Gasteiger charge is -2.22. The Hall–Kier alpha value is -2.76. The van der Waals surface area contributed by atoms with Crippen LogP contribution >= 0.6 is 0 Å². The molecule has 28 heavy (non-hydrogen) atoms. The van der Waals surface area contributed by atoms with E-state index in [9.17, 15) is 13.6 Å². The zero-order valence-corrected chi connectivity index (χ0v) is 16.6. The van der Waals surface area contributed by atoms with E-state index in [0.717, 1.165) is 18.6 Å². The Morgan fingerprint density at radius 2 is 1.93 bits per heavy atom. The molecule has 0 radical (unpaired) electrons. The number of nitrogens with zero attached hydrogens (tertiary/aromatic N) is 2. The van der Waals surface area contributed by atoms with Gasteiger partial charge in [0.2, 0.25) is 5.91 Å². The van der Waals surface area contributed by atoms with Crippen molar-refractivity contribution in [3.8, 4) is 11.3 Å². The Morgan fingerprint density at radius 1 is 1.18 bits per heavy atom. The van der Waals surface area contributed by atoms with Crippen LogP contribution < -0.4 is 5.32 Å². The van der Waals surface area contributed by atoms with E-state index in [1.807, 2.05) is 12.1 Å². The van der Waals surface area contributed by atoms with Crippen LogP contribution in [0.4, 0.5) is 14.6 Å². The van der Waals surface area contributed by atoms with E-state index in [1.165, 1.54) is 6.07 Å². The second-order valence-corrected chi connectivity index (χ2v) is 8.49. The van der Waals surface area contributed by atoms with E-state index in [2.05, 4.69) is 38.0 Å². The summed E-state index contributed by atoms with van der Waals surface area (Å²) in [6.07, 6.45) is 3.07. The minimum absolute atomic E-state index is 0.133. The van der Waals surface area contributed by atoms with E-state index in [-0.39, 0.29) is 17.2 Å². The van der Waals surface area contributed by atoms with Crippen molar-refractivity contribution in [3.05, 3.63) is 54.2 Å². The van der Waals surface area contributed by atoms with Crippen LogP contribution in [0.1, 0.15) is 40.5 Å². The molecular weight excluding hydrogens is 360 g/mol. The smallest absolute Gasteiger partial charge is 0.225 e. The molecule has 1 aromatic carbocycles. The Kier molecular flexibility index (Phi) is 5.49. The molecule has 1 atom stereocenters. The number of carbonyl (C=O) groups excluding carboxylic acids is 1. The van der Waals surface area contributed by atoms with Gasteiger partial charge in [0.1, 0.15) is 17.2 Å². The Bertz CT molecular complexity index is 1000. The molecule has 2 aromatic heterocycles. The summed E-state index contributed by atoms with van der Waals surface area (Å²) in [6.45, 7) is 8.49. The van der Waals surface area contributed by atoms with E-state index in [0.29, 0.717) is 29.1 Å². The number of anilines is 1. The fourth-order valence-electron chi connectivity index (χ4n) is 3.58. The third-order valence-corrected chi connectivity index (χ3v) is 4.48. The van der Waals surface area contributed by atoms with Gasteiger partial charge in [0, 0.05) is 18.2 Å². The Morgan fingerprint density at radius 3 is 2.61 bits per heavy atom. The summed E-state index contributed by atoms with van der Waals surface area (Å²) in [5.74, 6) is -1.34. The van der Waals surface area contributed by atoms with Crippen LogP contribution in [0.5, 0.6) is 0 Å². The van der Waals surface area contributed by atoms with Gasteiger partial charge < -0.3 is 5.32 Å². The lowest BCUT2D eigenvalue weighted by atomic mass is 9.84. The van der Waals surface area contributed by atoms with Crippen molar-refractivity contribution in [3.63, 3.8) is 0 Å². The number of hydrogen-bond donors (Lipinski definition) is 1. The summed E-state index contributed by atoms with van der Waals surface area (Å²) in [4.78, 5) is 17.2. The Balaban J connectivity index is 1.93. The second-order valence-electron chi connectivity index (χ2n) is 8.49. The Labute approximate surface area is 163 Å². The number of hydrogen-bond acceptors (Lipinski definition) is 2. The number of imidazole rings is 1. The maximum Gasteiger partial charge on any atom is 0.225 e. The molecule has 1 amide bonds. The van der Waals surface area contributed by atoms with Crippen molar-refractivity contribution in [1.82, 2.24) is 9.38 Å². The molecule has 0 aliphatic carbocycles.